The van der Waals surface area contributed by atoms with Crippen LogP contribution in [0.3, 0.4) is 0 Å². The van der Waals surface area contributed by atoms with Gasteiger partial charge in [0.1, 0.15) is 5.41 Å². The van der Waals surface area contributed by atoms with Gasteiger partial charge in [0.05, 0.1) is 22.3 Å². The Hall–Kier alpha value is -2.84. The van der Waals surface area contributed by atoms with Crippen LogP contribution in [0.4, 0.5) is 11.4 Å². The standard InChI is InChI=1S/C20H18ClN3O2/c1-12-9-13(2)17(16(21)10-12)24-19(26)20(7-8-20)18(25)23-15-5-3-14(11-22)4-6-15/h3-6,9-10H,7-8H2,1-2H3,(H,23,25)(H,24,26). The number of rotatable bonds is 4. The molecule has 132 valence electrons. The van der Waals surface area contributed by atoms with Crippen LogP contribution in [0.25, 0.3) is 0 Å². The minimum absolute atomic E-state index is 0.347. The zero-order valence-corrected chi connectivity index (χ0v) is 15.3. The van der Waals surface area contributed by atoms with E-state index in [9.17, 15) is 9.59 Å². The van der Waals surface area contributed by atoms with Crippen LogP contribution in [0.2, 0.25) is 5.02 Å². The molecule has 26 heavy (non-hydrogen) atoms. The Morgan fingerprint density at radius 3 is 2.23 bits per heavy atom. The van der Waals surface area contributed by atoms with Crippen LogP contribution in [-0.2, 0) is 9.59 Å². The Balaban J connectivity index is 1.74. The fourth-order valence-corrected chi connectivity index (χ4v) is 3.24. The van der Waals surface area contributed by atoms with E-state index in [-0.39, 0.29) is 11.8 Å². The number of hydrogen-bond acceptors (Lipinski definition) is 3. The van der Waals surface area contributed by atoms with E-state index in [1.54, 1.807) is 30.3 Å². The molecule has 0 unspecified atom stereocenters. The van der Waals surface area contributed by atoms with Crippen LogP contribution in [0.5, 0.6) is 0 Å². The maximum atomic E-state index is 12.7. The van der Waals surface area contributed by atoms with Gasteiger partial charge in [0.25, 0.3) is 0 Å². The van der Waals surface area contributed by atoms with E-state index in [1.165, 1.54) is 0 Å². The van der Waals surface area contributed by atoms with Crippen LogP contribution >= 0.6 is 11.6 Å². The molecule has 1 saturated carbocycles. The maximum absolute atomic E-state index is 12.7. The number of anilines is 2. The molecule has 1 aliphatic rings. The Morgan fingerprint density at radius 2 is 1.69 bits per heavy atom. The summed E-state index contributed by atoms with van der Waals surface area (Å²) in [6.07, 6.45) is 0.979. The minimum Gasteiger partial charge on any atom is -0.325 e. The van der Waals surface area contributed by atoms with E-state index in [1.807, 2.05) is 26.0 Å². The first-order chi connectivity index (χ1) is 12.4. The van der Waals surface area contributed by atoms with E-state index < -0.39 is 5.41 Å². The van der Waals surface area contributed by atoms with Crippen LogP contribution in [-0.4, -0.2) is 11.8 Å². The van der Waals surface area contributed by atoms with Crippen molar-refractivity contribution < 1.29 is 9.59 Å². The summed E-state index contributed by atoms with van der Waals surface area (Å²) in [6, 6.07) is 12.2. The molecule has 0 saturated heterocycles. The lowest BCUT2D eigenvalue weighted by molar-refractivity contribution is -0.131. The fraction of sp³-hybridized carbons (Fsp3) is 0.250. The first kappa shape index (κ1) is 18.0. The predicted molar refractivity (Wildman–Crippen MR) is 101 cm³/mol. The number of carbonyl (C=O) groups is 2. The van der Waals surface area contributed by atoms with Crippen molar-refractivity contribution in [3.63, 3.8) is 0 Å². The van der Waals surface area contributed by atoms with Gasteiger partial charge in [-0.05, 0) is 68.1 Å². The molecule has 0 bridgehead atoms. The SMILES string of the molecule is Cc1cc(C)c(NC(=O)C2(C(=O)Nc3ccc(C#N)cc3)CC2)c(Cl)c1. The van der Waals surface area contributed by atoms with Crippen molar-refractivity contribution in [2.45, 2.75) is 26.7 Å². The van der Waals surface area contributed by atoms with Gasteiger partial charge in [-0.1, -0.05) is 17.7 Å². The second-order valence-corrected chi connectivity index (χ2v) is 7.03. The van der Waals surface area contributed by atoms with Gasteiger partial charge in [0, 0.05) is 5.69 Å². The Morgan fingerprint density at radius 1 is 1.08 bits per heavy atom. The smallest absolute Gasteiger partial charge is 0.240 e. The molecule has 6 heteroatoms. The minimum atomic E-state index is -1.07. The highest BCUT2D eigenvalue weighted by atomic mass is 35.5. The highest BCUT2D eigenvalue weighted by molar-refractivity contribution is 6.34. The summed E-state index contributed by atoms with van der Waals surface area (Å²) in [7, 11) is 0. The third-order valence-corrected chi connectivity index (χ3v) is 4.86. The Labute approximate surface area is 157 Å². The number of halogens is 1. The van der Waals surface area contributed by atoms with Gasteiger partial charge in [0.15, 0.2) is 0 Å². The second kappa shape index (κ2) is 6.81. The van der Waals surface area contributed by atoms with Crippen LogP contribution in [0.15, 0.2) is 36.4 Å². The number of carbonyl (C=O) groups excluding carboxylic acids is 2. The molecule has 2 aromatic rings. The van der Waals surface area contributed by atoms with E-state index >= 15 is 0 Å². The lowest BCUT2D eigenvalue weighted by Crippen LogP contribution is -2.35. The van der Waals surface area contributed by atoms with Gasteiger partial charge in [-0.2, -0.15) is 5.26 Å². The van der Waals surface area contributed by atoms with Gasteiger partial charge in [0.2, 0.25) is 11.8 Å². The molecule has 5 nitrogen and oxygen atoms in total. The normalized spacial score (nSPS) is 14.2. The lowest BCUT2D eigenvalue weighted by atomic mass is 10.0. The van der Waals surface area contributed by atoms with Gasteiger partial charge in [-0.15, -0.1) is 0 Å². The first-order valence-corrected chi connectivity index (χ1v) is 8.63. The number of benzene rings is 2. The predicted octanol–water partition coefficient (Wildman–Crippen LogP) is 4.19. The van der Waals surface area contributed by atoms with Crippen LogP contribution in [0.1, 0.15) is 29.5 Å². The molecule has 2 N–H and O–H groups in total. The monoisotopic (exact) mass is 367 g/mol. The molecule has 0 atom stereocenters. The molecule has 1 fully saturated rings. The molecular weight excluding hydrogens is 350 g/mol. The summed E-state index contributed by atoms with van der Waals surface area (Å²) >= 11 is 6.25. The van der Waals surface area contributed by atoms with Crippen molar-refractivity contribution in [1.29, 1.82) is 5.26 Å². The van der Waals surface area contributed by atoms with Crippen molar-refractivity contribution in [1.82, 2.24) is 0 Å². The summed E-state index contributed by atoms with van der Waals surface area (Å²) in [6.45, 7) is 3.79. The highest BCUT2D eigenvalue weighted by Gasteiger charge is 2.56. The summed E-state index contributed by atoms with van der Waals surface area (Å²) in [5.74, 6) is -0.696. The number of nitrogens with zero attached hydrogens (tertiary/aromatic N) is 1. The molecule has 0 aliphatic heterocycles. The van der Waals surface area contributed by atoms with E-state index in [0.29, 0.717) is 34.8 Å². The third-order valence-electron chi connectivity index (χ3n) is 4.56. The molecule has 3 rings (SSSR count). The van der Waals surface area contributed by atoms with Gasteiger partial charge < -0.3 is 10.6 Å². The van der Waals surface area contributed by atoms with Crippen LogP contribution in [0, 0.1) is 30.6 Å². The van der Waals surface area contributed by atoms with E-state index in [0.717, 1.165) is 11.1 Å². The number of hydrogen-bond donors (Lipinski definition) is 2. The molecule has 0 aromatic heterocycles. The lowest BCUT2D eigenvalue weighted by Gasteiger charge is -2.17. The zero-order chi connectivity index (χ0) is 18.9. The van der Waals surface area contributed by atoms with Crippen molar-refractivity contribution in [3.8, 4) is 6.07 Å². The number of nitrogens with one attached hydrogen (secondary N) is 2. The van der Waals surface area contributed by atoms with Gasteiger partial charge >= 0.3 is 0 Å². The summed E-state index contributed by atoms with van der Waals surface area (Å²) in [5, 5.41) is 14.9. The first-order valence-electron chi connectivity index (χ1n) is 8.25. The van der Waals surface area contributed by atoms with Crippen molar-refractivity contribution >= 4 is 34.8 Å². The molecular formula is C20H18ClN3O2. The molecule has 0 heterocycles. The number of aryl methyl sites for hydroxylation is 2. The maximum Gasteiger partial charge on any atom is 0.240 e. The summed E-state index contributed by atoms with van der Waals surface area (Å²) < 4.78 is 0. The van der Waals surface area contributed by atoms with E-state index in [2.05, 4.69) is 10.6 Å². The average Bonchev–Trinajstić information content (AvgIpc) is 3.40. The third kappa shape index (κ3) is 3.42. The summed E-state index contributed by atoms with van der Waals surface area (Å²) in [4.78, 5) is 25.4. The van der Waals surface area contributed by atoms with E-state index in [4.69, 9.17) is 16.9 Å². The number of nitriles is 1. The molecule has 0 radical (unpaired) electrons. The summed E-state index contributed by atoms with van der Waals surface area (Å²) in [5.41, 5.74) is 2.38. The Bertz CT molecular complexity index is 902. The quantitative estimate of drug-likeness (QED) is 0.795. The molecule has 0 spiro atoms. The second-order valence-electron chi connectivity index (χ2n) is 6.62. The molecule has 2 amide bonds. The van der Waals surface area contributed by atoms with Gasteiger partial charge in [-0.3, -0.25) is 9.59 Å². The highest BCUT2D eigenvalue weighted by Crippen LogP contribution is 2.48. The Kier molecular flexibility index (Phi) is 4.71. The largest absolute Gasteiger partial charge is 0.325 e. The van der Waals surface area contributed by atoms with Crippen LogP contribution < -0.4 is 10.6 Å². The number of amides is 2. The van der Waals surface area contributed by atoms with Gasteiger partial charge in [-0.25, -0.2) is 0 Å². The zero-order valence-electron chi connectivity index (χ0n) is 14.5. The topological polar surface area (TPSA) is 82.0 Å². The molecule has 1 aliphatic carbocycles. The average molecular weight is 368 g/mol. The van der Waals surface area contributed by atoms with Crippen molar-refractivity contribution in [3.05, 3.63) is 58.1 Å². The fourth-order valence-electron chi connectivity index (χ4n) is 2.87. The van der Waals surface area contributed by atoms with Crippen molar-refractivity contribution in [2.75, 3.05) is 10.6 Å². The van der Waals surface area contributed by atoms with Crippen molar-refractivity contribution in [2.24, 2.45) is 5.41 Å². The molecule has 2 aromatic carbocycles.